The molecule has 0 bridgehead atoms. The Kier molecular flexibility index (Phi) is 5.48. The summed E-state index contributed by atoms with van der Waals surface area (Å²) in [6.07, 6.45) is 6.64. The molecule has 1 aromatic carbocycles. The maximum Gasteiger partial charge on any atom is 0.263 e. The van der Waals surface area contributed by atoms with Crippen molar-refractivity contribution < 1.29 is 9.18 Å². The van der Waals surface area contributed by atoms with Crippen molar-refractivity contribution in [1.82, 2.24) is 24.6 Å². The zero-order valence-electron chi connectivity index (χ0n) is 18.0. The maximum absolute atomic E-state index is 13.2. The molecule has 5 rings (SSSR count). The van der Waals surface area contributed by atoms with Gasteiger partial charge in [0.15, 0.2) is 0 Å². The summed E-state index contributed by atoms with van der Waals surface area (Å²) < 4.78 is 15.0. The molecular formula is C24H24FN5OS. The molecule has 1 atom stereocenters. The number of carbonyl (C=O) groups is 1. The Morgan fingerprint density at radius 2 is 2.06 bits per heavy atom. The first-order valence-electron chi connectivity index (χ1n) is 10.6. The largest absolute Gasteiger partial charge is 0.344 e. The number of nitrogens with zero attached hydrogens (tertiary/aromatic N) is 5. The van der Waals surface area contributed by atoms with Gasteiger partial charge in [-0.25, -0.2) is 14.1 Å². The van der Waals surface area contributed by atoms with Crippen molar-refractivity contribution in [3.63, 3.8) is 0 Å². The molecule has 0 spiro atoms. The van der Waals surface area contributed by atoms with Crippen LogP contribution in [0.25, 0.3) is 15.9 Å². The van der Waals surface area contributed by atoms with Gasteiger partial charge in [0.05, 0.1) is 16.8 Å². The lowest BCUT2D eigenvalue weighted by atomic mass is 9.95. The molecule has 1 aliphatic heterocycles. The quantitative estimate of drug-likeness (QED) is 0.456. The van der Waals surface area contributed by atoms with Crippen molar-refractivity contribution in [1.29, 1.82) is 0 Å². The van der Waals surface area contributed by atoms with Crippen molar-refractivity contribution in [3.05, 3.63) is 76.8 Å². The molecule has 0 saturated carbocycles. The maximum atomic E-state index is 13.2. The van der Waals surface area contributed by atoms with Crippen LogP contribution >= 0.6 is 11.3 Å². The Bertz CT molecular complexity index is 1260. The number of hydrogen-bond acceptors (Lipinski definition) is 5. The van der Waals surface area contributed by atoms with E-state index in [1.54, 1.807) is 42.0 Å². The molecule has 6 nitrogen and oxygen atoms in total. The molecule has 1 aliphatic rings. The van der Waals surface area contributed by atoms with E-state index < -0.39 is 0 Å². The second kappa shape index (κ2) is 8.44. The molecule has 164 valence electrons. The van der Waals surface area contributed by atoms with Crippen molar-refractivity contribution in [2.24, 2.45) is 0 Å². The van der Waals surface area contributed by atoms with Gasteiger partial charge in [0, 0.05) is 56.4 Å². The lowest BCUT2D eigenvalue weighted by Crippen LogP contribution is -2.23. The van der Waals surface area contributed by atoms with E-state index in [2.05, 4.69) is 21.0 Å². The van der Waals surface area contributed by atoms with E-state index in [0.29, 0.717) is 5.92 Å². The molecule has 1 unspecified atom stereocenters. The smallest absolute Gasteiger partial charge is 0.263 e. The van der Waals surface area contributed by atoms with E-state index >= 15 is 0 Å². The van der Waals surface area contributed by atoms with Crippen molar-refractivity contribution >= 4 is 27.5 Å². The molecule has 1 amide bonds. The van der Waals surface area contributed by atoms with Gasteiger partial charge in [-0.05, 0) is 48.9 Å². The summed E-state index contributed by atoms with van der Waals surface area (Å²) in [7, 11) is 3.59. The minimum atomic E-state index is -0.257. The second-order valence-corrected chi connectivity index (χ2v) is 9.39. The van der Waals surface area contributed by atoms with Gasteiger partial charge in [-0.3, -0.25) is 9.69 Å². The minimum Gasteiger partial charge on any atom is -0.344 e. The predicted molar refractivity (Wildman–Crippen MR) is 124 cm³/mol. The van der Waals surface area contributed by atoms with Gasteiger partial charge >= 0.3 is 0 Å². The number of pyridine rings is 1. The van der Waals surface area contributed by atoms with Crippen LogP contribution in [-0.4, -0.2) is 57.7 Å². The summed E-state index contributed by atoms with van der Waals surface area (Å²) in [5, 5.41) is 5.53. The van der Waals surface area contributed by atoms with Gasteiger partial charge in [-0.1, -0.05) is 6.07 Å². The summed E-state index contributed by atoms with van der Waals surface area (Å²) in [4.78, 5) is 23.2. The average molecular weight is 450 g/mol. The molecule has 3 aromatic heterocycles. The number of halogens is 1. The predicted octanol–water partition coefficient (Wildman–Crippen LogP) is 4.31. The number of carbonyl (C=O) groups excluding carboxylic acids is 1. The van der Waals surface area contributed by atoms with Crippen molar-refractivity contribution in [2.45, 2.75) is 18.9 Å². The summed E-state index contributed by atoms with van der Waals surface area (Å²) in [5.41, 5.74) is 3.08. The fraction of sp³-hybridized carbons (Fsp3) is 0.292. The number of thiophene rings is 1. The van der Waals surface area contributed by atoms with Crippen LogP contribution in [0.15, 0.2) is 55.0 Å². The lowest BCUT2D eigenvalue weighted by molar-refractivity contribution is 0.0831. The van der Waals surface area contributed by atoms with E-state index in [9.17, 15) is 9.18 Å². The Morgan fingerprint density at radius 3 is 2.84 bits per heavy atom. The first-order chi connectivity index (χ1) is 15.5. The fourth-order valence-electron chi connectivity index (χ4n) is 4.37. The average Bonchev–Trinajstić information content (AvgIpc) is 3.52. The highest BCUT2D eigenvalue weighted by Gasteiger charge is 2.31. The molecule has 4 heterocycles. The number of benzene rings is 1. The highest BCUT2D eigenvalue weighted by atomic mass is 32.1. The van der Waals surface area contributed by atoms with E-state index in [0.717, 1.165) is 58.0 Å². The minimum absolute atomic E-state index is 0.0435. The number of hydrogen-bond donors (Lipinski definition) is 0. The van der Waals surface area contributed by atoms with Crippen LogP contribution in [0.3, 0.4) is 0 Å². The number of fused-ring (bicyclic) bond motifs is 1. The van der Waals surface area contributed by atoms with Crippen LogP contribution in [0, 0.1) is 5.82 Å². The SMILES string of the molecule is CN(C)C(=O)c1sc2ncccc2c1C1CCN(Cc2cnn(-c3ccc(F)cc3)c2)C1. The first kappa shape index (κ1) is 20.8. The van der Waals surface area contributed by atoms with Crippen molar-refractivity contribution in [2.75, 3.05) is 27.2 Å². The third-order valence-corrected chi connectivity index (χ3v) is 7.04. The van der Waals surface area contributed by atoms with Crippen LogP contribution in [-0.2, 0) is 6.54 Å². The zero-order chi connectivity index (χ0) is 22.2. The molecule has 32 heavy (non-hydrogen) atoms. The monoisotopic (exact) mass is 449 g/mol. The Morgan fingerprint density at radius 1 is 1.25 bits per heavy atom. The van der Waals surface area contributed by atoms with Gasteiger partial charge in [-0.15, -0.1) is 11.3 Å². The van der Waals surface area contributed by atoms with Crippen LogP contribution in [0.2, 0.25) is 0 Å². The second-order valence-electron chi connectivity index (χ2n) is 8.39. The molecule has 0 radical (unpaired) electrons. The molecule has 1 saturated heterocycles. The van der Waals surface area contributed by atoms with Crippen LogP contribution < -0.4 is 0 Å². The van der Waals surface area contributed by atoms with Gasteiger partial charge in [-0.2, -0.15) is 5.10 Å². The molecule has 4 aromatic rings. The highest BCUT2D eigenvalue weighted by Crippen LogP contribution is 2.40. The summed E-state index contributed by atoms with van der Waals surface area (Å²) in [6, 6.07) is 10.3. The van der Waals surface area contributed by atoms with E-state index in [4.69, 9.17) is 0 Å². The van der Waals surface area contributed by atoms with Crippen LogP contribution in [0.1, 0.15) is 33.1 Å². The Labute approximate surface area is 189 Å². The van der Waals surface area contributed by atoms with Crippen LogP contribution in [0.5, 0.6) is 0 Å². The van der Waals surface area contributed by atoms with E-state index in [-0.39, 0.29) is 11.7 Å². The Balaban J connectivity index is 1.35. The molecule has 8 heteroatoms. The number of likely N-dealkylation sites (tertiary alicyclic amines) is 1. The number of amides is 1. The summed E-state index contributed by atoms with van der Waals surface area (Å²) in [5.74, 6) is 0.0773. The van der Waals surface area contributed by atoms with Gasteiger partial charge < -0.3 is 4.90 Å². The lowest BCUT2D eigenvalue weighted by Gasteiger charge is -2.17. The third-order valence-electron chi connectivity index (χ3n) is 5.92. The van der Waals surface area contributed by atoms with E-state index in [1.165, 1.54) is 23.5 Å². The zero-order valence-corrected chi connectivity index (χ0v) is 18.8. The number of rotatable bonds is 5. The molecule has 0 aliphatic carbocycles. The number of aromatic nitrogens is 3. The fourth-order valence-corrected chi connectivity index (χ4v) is 5.62. The third kappa shape index (κ3) is 3.91. The van der Waals surface area contributed by atoms with Crippen LogP contribution in [0.4, 0.5) is 4.39 Å². The normalized spacial score (nSPS) is 16.7. The first-order valence-corrected chi connectivity index (χ1v) is 11.4. The van der Waals surface area contributed by atoms with Gasteiger partial charge in [0.1, 0.15) is 10.6 Å². The summed E-state index contributed by atoms with van der Waals surface area (Å²) >= 11 is 1.49. The van der Waals surface area contributed by atoms with E-state index in [1.807, 2.05) is 18.5 Å². The highest BCUT2D eigenvalue weighted by molar-refractivity contribution is 7.20. The molecule has 0 N–H and O–H groups in total. The van der Waals surface area contributed by atoms with Gasteiger partial charge in [0.2, 0.25) is 0 Å². The molecule has 1 fully saturated rings. The standard InChI is InChI=1S/C24H24FN5OS/c1-28(2)24(31)22-21(20-4-3-10-26-23(20)32-22)17-9-11-29(15-17)13-16-12-27-30(14-16)19-7-5-18(25)6-8-19/h3-8,10,12,14,17H,9,11,13,15H2,1-2H3. The van der Waals surface area contributed by atoms with Crippen molar-refractivity contribution in [3.8, 4) is 5.69 Å². The summed E-state index contributed by atoms with van der Waals surface area (Å²) in [6.45, 7) is 2.63. The topological polar surface area (TPSA) is 54.3 Å². The molecular weight excluding hydrogens is 425 g/mol. The Hall–Kier alpha value is -3.10. The van der Waals surface area contributed by atoms with Gasteiger partial charge in [0.25, 0.3) is 5.91 Å².